The molecule has 0 N–H and O–H groups in total. The average molecular weight is 272 g/mol. The summed E-state index contributed by atoms with van der Waals surface area (Å²) in [6, 6.07) is 14.8. The third-order valence-corrected chi connectivity index (χ3v) is 3.07. The molecule has 4 heteroatoms. The molecule has 1 aromatic heterocycles. The van der Waals surface area contributed by atoms with Gasteiger partial charge in [0.05, 0.1) is 10.9 Å². The highest BCUT2D eigenvalue weighted by Crippen LogP contribution is 2.16. The van der Waals surface area contributed by atoms with Gasteiger partial charge in [-0.25, -0.2) is 9.78 Å². The first-order chi connectivity index (χ1) is 9.22. The van der Waals surface area contributed by atoms with Crippen molar-refractivity contribution < 1.29 is 4.42 Å². The second-order valence-electron chi connectivity index (χ2n) is 4.22. The minimum atomic E-state index is -0.404. The fraction of sp³-hybridized carbons (Fsp3) is 0.0667. The zero-order valence-corrected chi connectivity index (χ0v) is 10.7. The zero-order valence-electron chi connectivity index (χ0n) is 9.97. The van der Waals surface area contributed by atoms with Crippen molar-refractivity contribution in [3.63, 3.8) is 0 Å². The lowest BCUT2D eigenvalue weighted by Crippen LogP contribution is -2.05. The van der Waals surface area contributed by atoms with E-state index >= 15 is 0 Å². The van der Waals surface area contributed by atoms with E-state index < -0.39 is 5.63 Å². The lowest BCUT2D eigenvalue weighted by Gasteiger charge is -2.02. The Hall–Kier alpha value is -2.13. The molecule has 0 saturated carbocycles. The van der Waals surface area contributed by atoms with Gasteiger partial charge in [-0.2, -0.15) is 0 Å². The molecular formula is C15H10ClNO2. The Labute approximate surface area is 114 Å². The first-order valence-electron chi connectivity index (χ1n) is 5.85. The number of aromatic nitrogens is 1. The van der Waals surface area contributed by atoms with Crippen molar-refractivity contribution in [2.45, 2.75) is 6.42 Å². The summed E-state index contributed by atoms with van der Waals surface area (Å²) in [6.07, 6.45) is 0.495. The van der Waals surface area contributed by atoms with E-state index in [1.807, 2.05) is 30.3 Å². The molecule has 0 atom stereocenters. The maximum Gasteiger partial charge on any atom is 0.346 e. The summed E-state index contributed by atoms with van der Waals surface area (Å²) >= 11 is 5.85. The SMILES string of the molecule is O=c1oc(Cc2ccccc2)nc2ccc(Cl)cc12. The summed E-state index contributed by atoms with van der Waals surface area (Å²) in [5.74, 6) is 0.408. The van der Waals surface area contributed by atoms with Gasteiger partial charge in [-0.3, -0.25) is 0 Å². The van der Waals surface area contributed by atoms with Crippen LogP contribution in [0.2, 0.25) is 5.02 Å². The molecule has 0 amide bonds. The number of fused-ring (bicyclic) bond motifs is 1. The van der Waals surface area contributed by atoms with Gasteiger partial charge < -0.3 is 4.42 Å². The van der Waals surface area contributed by atoms with Gasteiger partial charge in [0.15, 0.2) is 0 Å². The molecule has 0 radical (unpaired) electrons. The first kappa shape index (κ1) is 11.9. The van der Waals surface area contributed by atoms with E-state index in [0.29, 0.717) is 28.2 Å². The normalized spacial score (nSPS) is 10.8. The van der Waals surface area contributed by atoms with Gasteiger partial charge in [0, 0.05) is 11.4 Å². The predicted octanol–water partition coefficient (Wildman–Crippen LogP) is 3.43. The number of nitrogens with zero attached hydrogens (tertiary/aromatic N) is 1. The van der Waals surface area contributed by atoms with E-state index in [9.17, 15) is 4.79 Å². The Balaban J connectivity index is 2.07. The molecule has 1 heterocycles. The maximum absolute atomic E-state index is 11.9. The van der Waals surface area contributed by atoms with Crippen molar-refractivity contribution in [1.29, 1.82) is 0 Å². The van der Waals surface area contributed by atoms with E-state index in [1.54, 1.807) is 18.2 Å². The molecule has 2 aromatic carbocycles. The number of hydrogen-bond acceptors (Lipinski definition) is 3. The topological polar surface area (TPSA) is 43.1 Å². The van der Waals surface area contributed by atoms with Crippen LogP contribution < -0.4 is 5.63 Å². The smallest absolute Gasteiger partial charge is 0.346 e. The van der Waals surface area contributed by atoms with Gasteiger partial charge in [0.25, 0.3) is 0 Å². The monoisotopic (exact) mass is 271 g/mol. The fourth-order valence-electron chi connectivity index (χ4n) is 1.93. The van der Waals surface area contributed by atoms with E-state index in [-0.39, 0.29) is 0 Å². The zero-order chi connectivity index (χ0) is 13.2. The van der Waals surface area contributed by atoms with E-state index in [0.717, 1.165) is 5.56 Å². The standard InChI is InChI=1S/C15H10ClNO2/c16-11-6-7-13-12(9-11)15(18)19-14(17-13)8-10-4-2-1-3-5-10/h1-7,9H,8H2. The molecule has 0 aliphatic rings. The third-order valence-electron chi connectivity index (χ3n) is 2.83. The molecule has 3 rings (SSSR count). The Bertz CT molecular complexity index is 781. The molecule has 0 fully saturated rings. The lowest BCUT2D eigenvalue weighted by atomic mass is 10.1. The van der Waals surface area contributed by atoms with Crippen molar-refractivity contribution in [2.75, 3.05) is 0 Å². The third kappa shape index (κ3) is 2.51. The van der Waals surface area contributed by atoms with Gasteiger partial charge in [0.2, 0.25) is 5.89 Å². The molecular weight excluding hydrogens is 262 g/mol. The van der Waals surface area contributed by atoms with E-state index in [4.69, 9.17) is 16.0 Å². The van der Waals surface area contributed by atoms with E-state index in [2.05, 4.69) is 4.98 Å². The Morgan fingerprint density at radius 2 is 1.89 bits per heavy atom. The summed E-state index contributed by atoms with van der Waals surface area (Å²) < 4.78 is 5.22. The van der Waals surface area contributed by atoms with Crippen molar-refractivity contribution in [2.24, 2.45) is 0 Å². The van der Waals surface area contributed by atoms with Crippen LogP contribution in [0.15, 0.2) is 57.7 Å². The van der Waals surface area contributed by atoms with E-state index in [1.165, 1.54) is 0 Å². The highest BCUT2D eigenvalue weighted by Gasteiger charge is 2.07. The van der Waals surface area contributed by atoms with Crippen molar-refractivity contribution >= 4 is 22.5 Å². The van der Waals surface area contributed by atoms with Crippen LogP contribution in [0, 0.1) is 0 Å². The molecule has 0 bridgehead atoms. The van der Waals surface area contributed by atoms with Crippen LogP contribution in [-0.2, 0) is 6.42 Å². The van der Waals surface area contributed by atoms with Crippen LogP contribution in [0.1, 0.15) is 11.5 Å². The molecule has 3 aromatic rings. The number of benzene rings is 2. The predicted molar refractivity (Wildman–Crippen MR) is 74.5 cm³/mol. The summed E-state index contributed by atoms with van der Waals surface area (Å²) in [5, 5.41) is 0.904. The lowest BCUT2D eigenvalue weighted by molar-refractivity contribution is 0.454. The van der Waals surface area contributed by atoms with Gasteiger partial charge in [-0.15, -0.1) is 0 Å². The van der Waals surface area contributed by atoms with Gasteiger partial charge in [-0.1, -0.05) is 41.9 Å². The molecule has 0 aliphatic heterocycles. The first-order valence-corrected chi connectivity index (χ1v) is 6.23. The van der Waals surface area contributed by atoms with Crippen LogP contribution in [0.4, 0.5) is 0 Å². The minimum absolute atomic E-state index is 0.404. The summed E-state index contributed by atoms with van der Waals surface area (Å²) in [4.78, 5) is 16.2. The largest absolute Gasteiger partial charge is 0.408 e. The summed E-state index contributed by atoms with van der Waals surface area (Å²) in [7, 11) is 0. The fourth-order valence-corrected chi connectivity index (χ4v) is 2.11. The van der Waals surface area contributed by atoms with Crippen LogP contribution in [-0.4, -0.2) is 4.98 Å². The maximum atomic E-state index is 11.9. The summed E-state index contributed by atoms with van der Waals surface area (Å²) in [6.45, 7) is 0. The number of hydrogen-bond donors (Lipinski definition) is 0. The highest BCUT2D eigenvalue weighted by atomic mass is 35.5. The van der Waals surface area contributed by atoms with Crippen LogP contribution >= 0.6 is 11.6 Å². The van der Waals surface area contributed by atoms with Crippen molar-refractivity contribution in [1.82, 2.24) is 4.98 Å². The molecule has 0 saturated heterocycles. The molecule has 19 heavy (non-hydrogen) atoms. The molecule has 0 unspecified atom stereocenters. The van der Waals surface area contributed by atoms with Gasteiger partial charge in [-0.05, 0) is 23.8 Å². The number of halogens is 1. The van der Waals surface area contributed by atoms with Gasteiger partial charge >= 0.3 is 5.63 Å². The minimum Gasteiger partial charge on any atom is -0.408 e. The Kier molecular flexibility index (Phi) is 3.05. The molecule has 94 valence electrons. The van der Waals surface area contributed by atoms with Crippen LogP contribution in [0.5, 0.6) is 0 Å². The van der Waals surface area contributed by atoms with Crippen molar-refractivity contribution in [3.8, 4) is 0 Å². The second kappa shape index (κ2) is 4.86. The Morgan fingerprint density at radius 3 is 2.68 bits per heavy atom. The second-order valence-corrected chi connectivity index (χ2v) is 4.66. The van der Waals surface area contributed by atoms with Crippen LogP contribution in [0.3, 0.4) is 0 Å². The highest BCUT2D eigenvalue weighted by molar-refractivity contribution is 6.31. The molecule has 3 nitrogen and oxygen atoms in total. The molecule has 0 aliphatic carbocycles. The quantitative estimate of drug-likeness (QED) is 0.717. The number of rotatable bonds is 2. The summed E-state index contributed by atoms with van der Waals surface area (Å²) in [5.41, 5.74) is 1.25. The van der Waals surface area contributed by atoms with Gasteiger partial charge in [0.1, 0.15) is 0 Å². The molecule has 0 spiro atoms. The van der Waals surface area contributed by atoms with Crippen molar-refractivity contribution in [3.05, 3.63) is 75.4 Å². The average Bonchev–Trinajstić information content (AvgIpc) is 2.41. The Morgan fingerprint density at radius 1 is 1.11 bits per heavy atom. The van der Waals surface area contributed by atoms with Crippen LogP contribution in [0.25, 0.3) is 10.9 Å².